The molecule has 2 amide bonds. The van der Waals surface area contributed by atoms with E-state index in [1.807, 2.05) is 12.1 Å². The standard InChI is InChI=1S/C19H23BrN2O3/c20-12-4-5-15-16(8-12)19(6-7-19)11-22(18(15)25)10-17(24)21-13-2-1-3-14(23)9-13/h4-5,8,13-14,23H,1-3,6-7,9-11H2,(H,21,24)/t13-,14+/m1/s1. The zero-order valence-corrected chi connectivity index (χ0v) is 15.7. The summed E-state index contributed by atoms with van der Waals surface area (Å²) in [6, 6.07) is 5.83. The molecule has 1 heterocycles. The van der Waals surface area contributed by atoms with Gasteiger partial charge in [0, 0.05) is 28.0 Å². The number of carbonyl (C=O) groups is 2. The molecule has 0 radical (unpaired) electrons. The number of fused-ring (bicyclic) bond motifs is 2. The molecule has 1 aromatic rings. The van der Waals surface area contributed by atoms with Crippen molar-refractivity contribution in [1.29, 1.82) is 0 Å². The van der Waals surface area contributed by atoms with E-state index in [4.69, 9.17) is 0 Å². The van der Waals surface area contributed by atoms with Crippen LogP contribution in [0.15, 0.2) is 22.7 Å². The number of nitrogens with one attached hydrogen (secondary N) is 1. The highest BCUT2D eigenvalue weighted by Crippen LogP contribution is 2.52. The van der Waals surface area contributed by atoms with E-state index in [1.165, 1.54) is 0 Å². The van der Waals surface area contributed by atoms with E-state index in [0.29, 0.717) is 13.0 Å². The molecule has 2 aliphatic carbocycles. The highest BCUT2D eigenvalue weighted by Gasteiger charge is 2.51. The summed E-state index contributed by atoms with van der Waals surface area (Å²) in [6.45, 7) is 0.721. The predicted octanol–water partition coefficient (Wildman–Crippen LogP) is 2.36. The zero-order chi connectivity index (χ0) is 17.6. The second kappa shape index (κ2) is 6.40. The lowest BCUT2D eigenvalue weighted by Gasteiger charge is -2.35. The molecule has 0 aromatic heterocycles. The van der Waals surface area contributed by atoms with Gasteiger partial charge in [0.15, 0.2) is 0 Å². The summed E-state index contributed by atoms with van der Waals surface area (Å²) >= 11 is 3.50. The van der Waals surface area contributed by atoms with Crippen LogP contribution in [-0.2, 0) is 10.2 Å². The Balaban J connectivity index is 1.46. The minimum atomic E-state index is -0.323. The van der Waals surface area contributed by atoms with E-state index < -0.39 is 0 Å². The Labute approximate surface area is 155 Å². The normalized spacial score (nSPS) is 27.1. The maximum Gasteiger partial charge on any atom is 0.254 e. The molecule has 3 aliphatic rings. The smallest absolute Gasteiger partial charge is 0.254 e. The average Bonchev–Trinajstić information content (AvgIpc) is 3.33. The van der Waals surface area contributed by atoms with Gasteiger partial charge in [-0.3, -0.25) is 9.59 Å². The molecular formula is C19H23BrN2O3. The Hall–Kier alpha value is -1.40. The third kappa shape index (κ3) is 3.34. The summed E-state index contributed by atoms with van der Waals surface area (Å²) in [6.07, 6.45) is 5.06. The number of carbonyl (C=O) groups excluding carboxylic acids is 2. The number of rotatable bonds is 3. The zero-order valence-electron chi connectivity index (χ0n) is 14.1. The number of aliphatic hydroxyl groups excluding tert-OH is 1. The van der Waals surface area contributed by atoms with Gasteiger partial charge in [0.05, 0.1) is 12.6 Å². The van der Waals surface area contributed by atoms with Crippen LogP contribution in [0.4, 0.5) is 0 Å². The summed E-state index contributed by atoms with van der Waals surface area (Å²) in [4.78, 5) is 26.9. The second-order valence-corrected chi connectivity index (χ2v) is 8.63. The summed E-state index contributed by atoms with van der Waals surface area (Å²) in [5, 5.41) is 12.7. The number of hydrogen-bond donors (Lipinski definition) is 2. The van der Waals surface area contributed by atoms with E-state index in [9.17, 15) is 14.7 Å². The Morgan fingerprint density at radius 1 is 1.36 bits per heavy atom. The highest BCUT2D eigenvalue weighted by atomic mass is 79.9. The average molecular weight is 407 g/mol. The summed E-state index contributed by atoms with van der Waals surface area (Å²) in [5.41, 5.74) is 1.89. The minimum Gasteiger partial charge on any atom is -0.393 e. The first-order chi connectivity index (χ1) is 12.0. The molecule has 5 nitrogen and oxygen atoms in total. The van der Waals surface area contributed by atoms with Gasteiger partial charge in [0.2, 0.25) is 5.91 Å². The van der Waals surface area contributed by atoms with Gasteiger partial charge in [-0.1, -0.05) is 15.9 Å². The van der Waals surface area contributed by atoms with Crippen LogP contribution in [0, 0.1) is 0 Å². The van der Waals surface area contributed by atoms with Gasteiger partial charge >= 0.3 is 0 Å². The molecule has 134 valence electrons. The Bertz CT molecular complexity index is 717. The Morgan fingerprint density at radius 3 is 2.88 bits per heavy atom. The third-order valence-electron chi connectivity index (χ3n) is 5.76. The minimum absolute atomic E-state index is 0.0225. The van der Waals surface area contributed by atoms with Crippen LogP contribution < -0.4 is 5.32 Å². The second-order valence-electron chi connectivity index (χ2n) is 7.72. The largest absolute Gasteiger partial charge is 0.393 e. The first-order valence-electron chi connectivity index (χ1n) is 9.04. The fourth-order valence-electron chi connectivity index (χ4n) is 4.28. The topological polar surface area (TPSA) is 69.6 Å². The van der Waals surface area contributed by atoms with Gasteiger partial charge < -0.3 is 15.3 Å². The van der Waals surface area contributed by atoms with Crippen LogP contribution in [0.25, 0.3) is 0 Å². The van der Waals surface area contributed by atoms with Crippen LogP contribution in [-0.4, -0.2) is 47.1 Å². The van der Waals surface area contributed by atoms with Gasteiger partial charge in [0.1, 0.15) is 0 Å². The Kier molecular flexibility index (Phi) is 4.36. The van der Waals surface area contributed by atoms with Gasteiger partial charge in [-0.05, 0) is 62.3 Å². The van der Waals surface area contributed by atoms with E-state index in [2.05, 4.69) is 27.3 Å². The van der Waals surface area contributed by atoms with E-state index in [-0.39, 0.29) is 35.9 Å². The van der Waals surface area contributed by atoms with Crippen molar-refractivity contribution in [2.45, 2.75) is 56.1 Å². The third-order valence-corrected chi connectivity index (χ3v) is 6.26. The number of aliphatic hydroxyl groups is 1. The van der Waals surface area contributed by atoms with Crippen molar-refractivity contribution in [2.75, 3.05) is 13.1 Å². The van der Waals surface area contributed by atoms with Crippen LogP contribution in [0.5, 0.6) is 0 Å². The van der Waals surface area contributed by atoms with Crippen LogP contribution in [0.1, 0.15) is 54.4 Å². The summed E-state index contributed by atoms with van der Waals surface area (Å²) < 4.78 is 0.993. The van der Waals surface area contributed by atoms with Crippen molar-refractivity contribution in [1.82, 2.24) is 10.2 Å². The van der Waals surface area contributed by atoms with Gasteiger partial charge in [-0.25, -0.2) is 0 Å². The van der Waals surface area contributed by atoms with Crippen LogP contribution in [0.3, 0.4) is 0 Å². The van der Waals surface area contributed by atoms with Crippen LogP contribution in [0.2, 0.25) is 0 Å². The molecule has 0 saturated heterocycles. The molecular weight excluding hydrogens is 384 g/mol. The molecule has 2 fully saturated rings. The molecule has 1 aromatic carbocycles. The lowest BCUT2D eigenvalue weighted by molar-refractivity contribution is -0.123. The lowest BCUT2D eigenvalue weighted by Crippen LogP contribution is -2.50. The van der Waals surface area contributed by atoms with Gasteiger partial charge in [-0.2, -0.15) is 0 Å². The van der Waals surface area contributed by atoms with Crippen molar-refractivity contribution < 1.29 is 14.7 Å². The molecule has 2 saturated carbocycles. The molecule has 4 rings (SSSR count). The molecule has 25 heavy (non-hydrogen) atoms. The first kappa shape index (κ1) is 17.0. The summed E-state index contributed by atoms with van der Waals surface area (Å²) in [5.74, 6) is -0.178. The molecule has 0 bridgehead atoms. The van der Waals surface area contributed by atoms with Crippen molar-refractivity contribution in [3.05, 3.63) is 33.8 Å². The van der Waals surface area contributed by atoms with E-state index >= 15 is 0 Å². The number of benzene rings is 1. The fourth-order valence-corrected chi connectivity index (χ4v) is 4.64. The van der Waals surface area contributed by atoms with E-state index in [1.54, 1.807) is 4.90 Å². The molecule has 1 spiro atoms. The maximum absolute atomic E-state index is 12.8. The quantitative estimate of drug-likeness (QED) is 0.809. The number of amides is 2. The molecule has 1 aliphatic heterocycles. The number of hydrogen-bond acceptors (Lipinski definition) is 3. The first-order valence-corrected chi connectivity index (χ1v) is 9.83. The highest BCUT2D eigenvalue weighted by molar-refractivity contribution is 9.10. The van der Waals surface area contributed by atoms with Gasteiger partial charge in [-0.15, -0.1) is 0 Å². The van der Waals surface area contributed by atoms with Crippen molar-refractivity contribution in [3.8, 4) is 0 Å². The monoisotopic (exact) mass is 406 g/mol. The van der Waals surface area contributed by atoms with E-state index in [0.717, 1.165) is 47.7 Å². The predicted molar refractivity (Wildman–Crippen MR) is 97.4 cm³/mol. The summed E-state index contributed by atoms with van der Waals surface area (Å²) in [7, 11) is 0. The Morgan fingerprint density at radius 2 is 2.16 bits per heavy atom. The lowest BCUT2D eigenvalue weighted by atomic mass is 9.86. The van der Waals surface area contributed by atoms with Crippen molar-refractivity contribution in [2.24, 2.45) is 0 Å². The van der Waals surface area contributed by atoms with Crippen molar-refractivity contribution >= 4 is 27.7 Å². The number of halogens is 1. The SMILES string of the molecule is O=C(CN1CC2(CC2)c2cc(Br)ccc2C1=O)N[C@@H]1CCC[C@H](O)C1. The molecule has 0 unspecified atom stereocenters. The maximum atomic E-state index is 12.8. The molecule has 6 heteroatoms. The molecule has 2 N–H and O–H groups in total. The number of nitrogens with zero attached hydrogens (tertiary/aromatic N) is 1. The van der Waals surface area contributed by atoms with Crippen LogP contribution >= 0.6 is 15.9 Å². The van der Waals surface area contributed by atoms with Gasteiger partial charge in [0.25, 0.3) is 5.91 Å². The fraction of sp³-hybridized carbons (Fsp3) is 0.579. The van der Waals surface area contributed by atoms with Crippen molar-refractivity contribution in [3.63, 3.8) is 0 Å². The molecule has 2 atom stereocenters.